The van der Waals surface area contributed by atoms with E-state index < -0.39 is 0 Å². The molecule has 114 valence electrons. The second-order valence-electron chi connectivity index (χ2n) is 4.81. The van der Waals surface area contributed by atoms with Crippen molar-refractivity contribution in [2.24, 2.45) is 0 Å². The van der Waals surface area contributed by atoms with Crippen LogP contribution in [0.4, 0.5) is 0 Å². The van der Waals surface area contributed by atoms with Gasteiger partial charge in [-0.3, -0.25) is 4.79 Å². The Morgan fingerprint density at radius 1 is 0.739 bits per heavy atom. The molecule has 0 bridgehead atoms. The zero-order chi connectivity index (χ0) is 16.1. The molecule has 0 aliphatic rings. The molecule has 0 unspecified atom stereocenters. The van der Waals surface area contributed by atoms with Crippen molar-refractivity contribution < 1.29 is 19.4 Å². The van der Waals surface area contributed by atoms with E-state index in [0.29, 0.717) is 23.3 Å². The van der Waals surface area contributed by atoms with Crippen LogP contribution in [0.2, 0.25) is 0 Å². The number of aldehydes is 1. The van der Waals surface area contributed by atoms with E-state index in [-0.39, 0.29) is 17.2 Å². The van der Waals surface area contributed by atoms with Gasteiger partial charge in [-0.1, -0.05) is 36.4 Å². The summed E-state index contributed by atoms with van der Waals surface area (Å²) in [4.78, 5) is 11.1. The summed E-state index contributed by atoms with van der Waals surface area (Å²) in [7, 11) is 0. The Kier molecular flexibility index (Phi) is 4.25. The van der Waals surface area contributed by atoms with Crippen molar-refractivity contribution in [2.75, 3.05) is 0 Å². The lowest BCUT2D eigenvalue weighted by molar-refractivity contribution is 0.112. The summed E-state index contributed by atoms with van der Waals surface area (Å²) in [6.45, 7) is 0. The fourth-order valence-electron chi connectivity index (χ4n) is 2.06. The molecule has 23 heavy (non-hydrogen) atoms. The minimum absolute atomic E-state index is 0.159. The van der Waals surface area contributed by atoms with Crippen molar-refractivity contribution in [2.45, 2.75) is 0 Å². The Hall–Kier alpha value is -3.27. The Balaban J connectivity index is 1.96. The number of carbonyl (C=O) groups is 1. The number of ether oxygens (including phenoxy) is 2. The van der Waals surface area contributed by atoms with Gasteiger partial charge in [-0.15, -0.1) is 0 Å². The molecular formula is C19H14O4. The molecule has 3 rings (SSSR count). The van der Waals surface area contributed by atoms with Gasteiger partial charge in [-0.25, -0.2) is 0 Å². The third-order valence-electron chi connectivity index (χ3n) is 3.14. The normalized spacial score (nSPS) is 10.1. The predicted octanol–water partition coefficient (Wildman–Crippen LogP) is 4.79. The number of phenols is 1. The SMILES string of the molecule is O=Cc1cc(Oc2ccccc2)c(O)c(Oc2ccccc2)c1. The maximum absolute atomic E-state index is 11.1. The van der Waals surface area contributed by atoms with Crippen molar-refractivity contribution in [3.8, 4) is 28.7 Å². The van der Waals surface area contributed by atoms with E-state index in [9.17, 15) is 9.90 Å². The molecule has 0 fully saturated rings. The van der Waals surface area contributed by atoms with Gasteiger partial charge in [0.05, 0.1) is 0 Å². The molecule has 0 heterocycles. The molecule has 0 spiro atoms. The number of aromatic hydroxyl groups is 1. The second kappa shape index (κ2) is 6.66. The lowest BCUT2D eigenvalue weighted by Crippen LogP contribution is -1.92. The zero-order valence-electron chi connectivity index (χ0n) is 12.2. The Labute approximate surface area is 133 Å². The van der Waals surface area contributed by atoms with Crippen LogP contribution >= 0.6 is 0 Å². The van der Waals surface area contributed by atoms with E-state index in [2.05, 4.69) is 0 Å². The first-order chi connectivity index (χ1) is 11.3. The van der Waals surface area contributed by atoms with Gasteiger partial charge in [0.2, 0.25) is 5.75 Å². The van der Waals surface area contributed by atoms with Crippen molar-refractivity contribution in [3.63, 3.8) is 0 Å². The van der Waals surface area contributed by atoms with E-state index in [1.807, 2.05) is 36.4 Å². The van der Waals surface area contributed by atoms with Gasteiger partial charge >= 0.3 is 0 Å². The molecule has 0 radical (unpaired) electrons. The smallest absolute Gasteiger partial charge is 0.202 e. The highest BCUT2D eigenvalue weighted by Gasteiger charge is 2.14. The number of benzene rings is 3. The number of carbonyl (C=O) groups excluding carboxylic acids is 1. The van der Waals surface area contributed by atoms with Crippen LogP contribution < -0.4 is 9.47 Å². The number of rotatable bonds is 5. The van der Waals surface area contributed by atoms with E-state index in [1.165, 1.54) is 12.1 Å². The topological polar surface area (TPSA) is 55.8 Å². The molecule has 0 amide bonds. The molecule has 0 aliphatic heterocycles. The Morgan fingerprint density at radius 3 is 1.57 bits per heavy atom. The third kappa shape index (κ3) is 3.49. The quantitative estimate of drug-likeness (QED) is 0.689. The molecule has 4 nitrogen and oxygen atoms in total. The highest BCUT2D eigenvalue weighted by Crippen LogP contribution is 2.41. The molecule has 4 heteroatoms. The number of para-hydroxylation sites is 2. The summed E-state index contributed by atoms with van der Waals surface area (Å²) in [5, 5.41) is 10.4. The third-order valence-corrected chi connectivity index (χ3v) is 3.14. The average Bonchev–Trinajstić information content (AvgIpc) is 2.60. The monoisotopic (exact) mass is 306 g/mol. The first kappa shape index (κ1) is 14.7. The van der Waals surface area contributed by atoms with Crippen LogP contribution in [0.3, 0.4) is 0 Å². The highest BCUT2D eigenvalue weighted by molar-refractivity contribution is 5.78. The molecule has 0 saturated carbocycles. The molecule has 3 aromatic carbocycles. The van der Waals surface area contributed by atoms with Crippen LogP contribution in [0.5, 0.6) is 28.7 Å². The van der Waals surface area contributed by atoms with Crippen LogP contribution in [0, 0.1) is 0 Å². The average molecular weight is 306 g/mol. The van der Waals surface area contributed by atoms with Gasteiger partial charge in [-0.05, 0) is 36.4 Å². The van der Waals surface area contributed by atoms with Gasteiger partial charge in [0.15, 0.2) is 11.5 Å². The second-order valence-corrected chi connectivity index (χ2v) is 4.81. The van der Waals surface area contributed by atoms with E-state index in [0.717, 1.165) is 0 Å². The van der Waals surface area contributed by atoms with Crippen molar-refractivity contribution in [3.05, 3.63) is 78.4 Å². The highest BCUT2D eigenvalue weighted by atomic mass is 16.5. The van der Waals surface area contributed by atoms with Crippen LogP contribution in [0.15, 0.2) is 72.8 Å². The molecule has 3 aromatic rings. The van der Waals surface area contributed by atoms with Gasteiger partial charge in [0.25, 0.3) is 0 Å². The Morgan fingerprint density at radius 2 is 1.17 bits per heavy atom. The number of phenolic OH excluding ortho intramolecular Hbond substituents is 1. The van der Waals surface area contributed by atoms with Gasteiger partial charge in [0, 0.05) is 5.56 Å². The molecule has 0 atom stereocenters. The van der Waals surface area contributed by atoms with Crippen LogP contribution in [0.25, 0.3) is 0 Å². The molecule has 0 aromatic heterocycles. The molecular weight excluding hydrogens is 292 g/mol. The largest absolute Gasteiger partial charge is 0.502 e. The van der Waals surface area contributed by atoms with Crippen molar-refractivity contribution in [1.82, 2.24) is 0 Å². The van der Waals surface area contributed by atoms with E-state index in [4.69, 9.17) is 9.47 Å². The summed E-state index contributed by atoms with van der Waals surface area (Å²) in [6, 6.07) is 20.9. The summed E-state index contributed by atoms with van der Waals surface area (Å²) >= 11 is 0. The van der Waals surface area contributed by atoms with E-state index >= 15 is 0 Å². The lowest BCUT2D eigenvalue weighted by Gasteiger charge is -2.13. The van der Waals surface area contributed by atoms with Crippen LogP contribution in [-0.2, 0) is 0 Å². The summed E-state index contributed by atoms with van der Waals surface area (Å²) < 4.78 is 11.3. The summed E-state index contributed by atoms with van der Waals surface area (Å²) in [6.07, 6.45) is 0.676. The molecule has 0 saturated heterocycles. The lowest BCUT2D eigenvalue weighted by atomic mass is 10.2. The van der Waals surface area contributed by atoms with Gasteiger partial charge < -0.3 is 14.6 Å². The minimum Gasteiger partial charge on any atom is -0.502 e. The molecule has 1 N–H and O–H groups in total. The maximum atomic E-state index is 11.1. The summed E-state index contributed by atoms with van der Waals surface area (Å²) in [5.74, 6) is 1.26. The minimum atomic E-state index is -0.164. The van der Waals surface area contributed by atoms with Crippen LogP contribution in [-0.4, -0.2) is 11.4 Å². The standard InChI is InChI=1S/C19H14O4/c20-13-14-11-17(22-15-7-3-1-4-8-15)19(21)18(12-14)23-16-9-5-2-6-10-16/h1-13,21H. The van der Waals surface area contributed by atoms with Gasteiger partial charge in [-0.2, -0.15) is 0 Å². The molecule has 0 aliphatic carbocycles. The van der Waals surface area contributed by atoms with Crippen LogP contribution in [0.1, 0.15) is 10.4 Å². The van der Waals surface area contributed by atoms with E-state index in [1.54, 1.807) is 24.3 Å². The first-order valence-corrected chi connectivity index (χ1v) is 7.04. The van der Waals surface area contributed by atoms with Gasteiger partial charge in [0.1, 0.15) is 17.8 Å². The first-order valence-electron chi connectivity index (χ1n) is 7.04. The number of hydrogen-bond acceptors (Lipinski definition) is 4. The maximum Gasteiger partial charge on any atom is 0.202 e. The van der Waals surface area contributed by atoms with Crippen molar-refractivity contribution in [1.29, 1.82) is 0 Å². The van der Waals surface area contributed by atoms with Crippen molar-refractivity contribution >= 4 is 6.29 Å². The fraction of sp³-hybridized carbons (Fsp3) is 0. The summed E-state index contributed by atoms with van der Waals surface area (Å²) in [5.41, 5.74) is 0.347. The predicted molar refractivity (Wildman–Crippen MR) is 86.5 cm³/mol. The fourth-order valence-corrected chi connectivity index (χ4v) is 2.06. The Bertz CT molecular complexity index is 736. The number of hydrogen-bond donors (Lipinski definition) is 1. The zero-order valence-corrected chi connectivity index (χ0v) is 12.2.